The monoisotopic (exact) mass is 284 g/mol. The topological polar surface area (TPSA) is 64.7 Å². The average Bonchev–Trinajstić information content (AvgIpc) is 2.42. The molecule has 1 heterocycles. The van der Waals surface area contributed by atoms with Gasteiger partial charge in [0.1, 0.15) is 0 Å². The largest absolute Gasteiger partial charge is 0.355 e. The Morgan fingerprint density at radius 1 is 1.25 bits per heavy atom. The SMILES string of the molecule is CC(C)CNC(=O)CNC1CCN(C(=O)N(C)C)CC1. The predicted molar refractivity (Wildman–Crippen MR) is 79.5 cm³/mol. The highest BCUT2D eigenvalue weighted by molar-refractivity contribution is 5.78. The van der Waals surface area contributed by atoms with Crippen LogP contribution < -0.4 is 10.6 Å². The Kier molecular flexibility index (Phi) is 6.78. The fourth-order valence-electron chi connectivity index (χ4n) is 2.18. The third-order valence-electron chi connectivity index (χ3n) is 3.41. The third-order valence-corrected chi connectivity index (χ3v) is 3.41. The molecule has 0 spiro atoms. The molecule has 1 saturated heterocycles. The molecule has 0 aromatic heterocycles. The Bertz CT molecular complexity index is 323. The van der Waals surface area contributed by atoms with Crippen molar-refractivity contribution in [1.82, 2.24) is 20.4 Å². The molecular formula is C14H28N4O2. The number of likely N-dealkylation sites (tertiary alicyclic amines) is 1. The van der Waals surface area contributed by atoms with Crippen molar-refractivity contribution in [3.05, 3.63) is 0 Å². The summed E-state index contributed by atoms with van der Waals surface area (Å²) < 4.78 is 0. The number of rotatable bonds is 5. The van der Waals surface area contributed by atoms with E-state index in [9.17, 15) is 9.59 Å². The molecule has 20 heavy (non-hydrogen) atoms. The van der Waals surface area contributed by atoms with Crippen molar-refractivity contribution < 1.29 is 9.59 Å². The van der Waals surface area contributed by atoms with Crippen molar-refractivity contribution in [3.8, 4) is 0 Å². The van der Waals surface area contributed by atoms with Crippen molar-refractivity contribution in [2.24, 2.45) is 5.92 Å². The van der Waals surface area contributed by atoms with Crippen molar-refractivity contribution in [3.63, 3.8) is 0 Å². The van der Waals surface area contributed by atoms with E-state index >= 15 is 0 Å². The van der Waals surface area contributed by atoms with Gasteiger partial charge in [-0.05, 0) is 18.8 Å². The van der Waals surface area contributed by atoms with Crippen LogP contribution in [0.3, 0.4) is 0 Å². The summed E-state index contributed by atoms with van der Waals surface area (Å²) in [6.45, 7) is 6.73. The van der Waals surface area contributed by atoms with Gasteiger partial charge in [0.15, 0.2) is 0 Å². The Morgan fingerprint density at radius 2 is 1.85 bits per heavy atom. The number of carbonyl (C=O) groups excluding carboxylic acids is 2. The number of amides is 3. The quantitative estimate of drug-likeness (QED) is 0.772. The van der Waals surface area contributed by atoms with Gasteiger partial charge in [0.05, 0.1) is 6.54 Å². The van der Waals surface area contributed by atoms with E-state index < -0.39 is 0 Å². The summed E-state index contributed by atoms with van der Waals surface area (Å²) in [5, 5.41) is 6.16. The molecule has 6 nitrogen and oxygen atoms in total. The third kappa shape index (κ3) is 5.77. The standard InChI is InChI=1S/C14H28N4O2/c1-11(2)9-16-13(19)10-15-12-5-7-18(8-6-12)14(20)17(3)4/h11-12,15H,5-10H2,1-4H3,(H,16,19). The molecule has 1 aliphatic rings. The summed E-state index contributed by atoms with van der Waals surface area (Å²) >= 11 is 0. The first-order valence-electron chi connectivity index (χ1n) is 7.36. The molecule has 1 aliphatic heterocycles. The molecule has 6 heteroatoms. The van der Waals surface area contributed by atoms with Gasteiger partial charge in [0, 0.05) is 39.8 Å². The summed E-state index contributed by atoms with van der Waals surface area (Å²) in [6, 6.07) is 0.393. The lowest BCUT2D eigenvalue weighted by Crippen LogP contribution is -2.49. The maximum absolute atomic E-state index is 11.8. The molecule has 0 aliphatic carbocycles. The van der Waals surface area contributed by atoms with Crippen LogP contribution in [0.25, 0.3) is 0 Å². The lowest BCUT2D eigenvalue weighted by atomic mass is 10.1. The van der Waals surface area contributed by atoms with Crippen molar-refractivity contribution >= 4 is 11.9 Å². The number of hydrogen-bond acceptors (Lipinski definition) is 3. The molecule has 0 unspecified atom stereocenters. The number of nitrogens with one attached hydrogen (secondary N) is 2. The molecule has 0 radical (unpaired) electrons. The smallest absolute Gasteiger partial charge is 0.319 e. The minimum absolute atomic E-state index is 0.0468. The molecule has 0 bridgehead atoms. The van der Waals surface area contributed by atoms with Crippen LogP contribution in [-0.4, -0.2) is 68.1 Å². The van der Waals surface area contributed by atoms with Crippen molar-refractivity contribution in [2.45, 2.75) is 32.7 Å². The molecule has 0 saturated carbocycles. The van der Waals surface area contributed by atoms with Gasteiger partial charge in [0.2, 0.25) is 5.91 Å². The van der Waals surface area contributed by atoms with E-state index in [0.717, 1.165) is 32.5 Å². The first-order valence-corrected chi connectivity index (χ1v) is 7.36. The van der Waals surface area contributed by atoms with Crippen LogP contribution in [0.15, 0.2) is 0 Å². The van der Waals surface area contributed by atoms with E-state index in [-0.39, 0.29) is 11.9 Å². The van der Waals surface area contributed by atoms with Gasteiger partial charge in [0.25, 0.3) is 0 Å². The minimum Gasteiger partial charge on any atom is -0.355 e. The lowest BCUT2D eigenvalue weighted by Gasteiger charge is -2.33. The molecule has 1 rings (SSSR count). The number of nitrogens with zero attached hydrogens (tertiary/aromatic N) is 2. The molecule has 0 atom stereocenters. The van der Waals surface area contributed by atoms with Crippen LogP contribution in [0.2, 0.25) is 0 Å². The zero-order valence-corrected chi connectivity index (χ0v) is 13.1. The van der Waals surface area contributed by atoms with E-state index in [1.54, 1.807) is 19.0 Å². The van der Waals surface area contributed by atoms with Crippen LogP contribution in [0.4, 0.5) is 4.79 Å². The normalized spacial score (nSPS) is 16.4. The summed E-state index contributed by atoms with van der Waals surface area (Å²) in [5.41, 5.74) is 0. The predicted octanol–water partition coefficient (Wildman–Crippen LogP) is 0.494. The van der Waals surface area contributed by atoms with Gasteiger partial charge >= 0.3 is 6.03 Å². The van der Waals surface area contributed by atoms with E-state index in [1.165, 1.54) is 0 Å². The second kappa shape index (κ2) is 8.09. The van der Waals surface area contributed by atoms with Crippen molar-refractivity contribution in [2.75, 3.05) is 40.3 Å². The zero-order valence-electron chi connectivity index (χ0n) is 13.1. The Labute approximate surface area is 121 Å². The maximum Gasteiger partial charge on any atom is 0.319 e. The van der Waals surface area contributed by atoms with Gasteiger partial charge in [-0.25, -0.2) is 4.79 Å². The van der Waals surface area contributed by atoms with E-state index in [1.807, 2.05) is 4.90 Å². The van der Waals surface area contributed by atoms with Gasteiger partial charge in [-0.15, -0.1) is 0 Å². The summed E-state index contributed by atoms with van der Waals surface area (Å²) in [7, 11) is 3.54. The molecule has 0 aromatic rings. The Balaban J connectivity index is 2.19. The zero-order chi connectivity index (χ0) is 15.1. The number of hydrogen-bond donors (Lipinski definition) is 2. The van der Waals surface area contributed by atoms with Crippen LogP contribution in [0, 0.1) is 5.92 Å². The van der Waals surface area contributed by atoms with Gasteiger partial charge in [-0.3, -0.25) is 4.79 Å². The Hall–Kier alpha value is -1.30. The second-order valence-electron chi connectivity index (χ2n) is 6.02. The van der Waals surface area contributed by atoms with Crippen LogP contribution in [0.1, 0.15) is 26.7 Å². The number of carbonyl (C=O) groups is 2. The van der Waals surface area contributed by atoms with Crippen molar-refractivity contribution in [1.29, 1.82) is 0 Å². The molecule has 2 N–H and O–H groups in total. The fourth-order valence-corrected chi connectivity index (χ4v) is 2.18. The second-order valence-corrected chi connectivity index (χ2v) is 6.02. The van der Waals surface area contributed by atoms with E-state index in [4.69, 9.17) is 0 Å². The van der Waals surface area contributed by atoms with Crippen LogP contribution in [0.5, 0.6) is 0 Å². The summed E-state index contributed by atoms with van der Waals surface area (Å²) in [4.78, 5) is 26.9. The molecular weight excluding hydrogens is 256 g/mol. The molecule has 3 amide bonds. The first kappa shape index (κ1) is 16.8. The Morgan fingerprint density at radius 3 is 2.35 bits per heavy atom. The number of piperidine rings is 1. The fraction of sp³-hybridized carbons (Fsp3) is 0.857. The van der Waals surface area contributed by atoms with E-state index in [2.05, 4.69) is 24.5 Å². The average molecular weight is 284 g/mol. The van der Waals surface area contributed by atoms with E-state index in [0.29, 0.717) is 18.5 Å². The molecule has 1 fully saturated rings. The van der Waals surface area contributed by atoms with Gasteiger partial charge in [-0.2, -0.15) is 0 Å². The summed E-state index contributed by atoms with van der Waals surface area (Å²) in [6.07, 6.45) is 1.80. The van der Waals surface area contributed by atoms with Crippen LogP contribution in [-0.2, 0) is 4.79 Å². The minimum atomic E-state index is 0.0468. The highest BCUT2D eigenvalue weighted by Crippen LogP contribution is 2.11. The van der Waals surface area contributed by atoms with Crippen LogP contribution >= 0.6 is 0 Å². The lowest BCUT2D eigenvalue weighted by molar-refractivity contribution is -0.120. The molecule has 116 valence electrons. The number of urea groups is 1. The summed E-state index contributed by atoms with van der Waals surface area (Å²) in [5.74, 6) is 0.518. The first-order chi connectivity index (χ1) is 9.40. The highest BCUT2D eigenvalue weighted by Gasteiger charge is 2.23. The highest BCUT2D eigenvalue weighted by atomic mass is 16.2. The van der Waals surface area contributed by atoms with Gasteiger partial charge < -0.3 is 20.4 Å². The maximum atomic E-state index is 11.8. The molecule has 0 aromatic carbocycles. The van der Waals surface area contributed by atoms with Gasteiger partial charge in [-0.1, -0.05) is 13.8 Å².